The number of hydrogen-bond acceptors (Lipinski definition) is 4. The van der Waals surface area contributed by atoms with Crippen molar-refractivity contribution in [3.05, 3.63) is 0 Å². The van der Waals surface area contributed by atoms with Gasteiger partial charge in [0.05, 0.1) is 6.54 Å². The zero-order valence-corrected chi connectivity index (χ0v) is 7.08. The Bertz CT molecular complexity index is 239. The molecular formula is C7H11N3O3. The molecule has 0 aromatic heterocycles. The van der Waals surface area contributed by atoms with E-state index in [1.165, 1.54) is 0 Å². The molecule has 1 unspecified atom stereocenters. The molecule has 2 aliphatic rings. The lowest BCUT2D eigenvalue weighted by Gasteiger charge is -2.31. The zero-order valence-electron chi connectivity index (χ0n) is 7.08. The van der Waals surface area contributed by atoms with Gasteiger partial charge in [-0.25, -0.2) is 9.80 Å². The number of rotatable bonds is 2. The number of nitrogens with zero attached hydrogens (tertiary/aromatic N) is 1. The molecule has 6 nitrogen and oxygen atoms in total. The van der Waals surface area contributed by atoms with Crippen molar-refractivity contribution in [3.8, 4) is 0 Å². The molecule has 0 saturated carbocycles. The van der Waals surface area contributed by atoms with Crippen LogP contribution in [-0.4, -0.2) is 42.7 Å². The summed E-state index contributed by atoms with van der Waals surface area (Å²) in [6.45, 7) is 2.01. The fourth-order valence-electron chi connectivity index (χ4n) is 1.19. The van der Waals surface area contributed by atoms with Gasteiger partial charge in [-0.05, 0) is 6.42 Å². The minimum atomic E-state index is -0.673. The highest BCUT2D eigenvalue weighted by atomic mass is 16.6. The van der Waals surface area contributed by atoms with Crippen LogP contribution in [0.4, 0.5) is 4.79 Å². The minimum absolute atomic E-state index is 0.252. The van der Waals surface area contributed by atoms with Gasteiger partial charge in [0, 0.05) is 13.1 Å². The first kappa shape index (κ1) is 8.31. The van der Waals surface area contributed by atoms with Crippen molar-refractivity contribution < 1.29 is 14.3 Å². The van der Waals surface area contributed by atoms with E-state index in [0.717, 1.165) is 19.5 Å². The fraction of sp³-hybridized carbons (Fsp3) is 0.714. The zero-order chi connectivity index (χ0) is 9.26. The molecule has 6 heteroatoms. The van der Waals surface area contributed by atoms with Gasteiger partial charge in [0.2, 0.25) is 6.10 Å². The molecule has 2 fully saturated rings. The molecule has 1 atom stereocenters. The van der Waals surface area contributed by atoms with E-state index in [9.17, 15) is 9.59 Å². The van der Waals surface area contributed by atoms with Gasteiger partial charge in [0.1, 0.15) is 0 Å². The quantitative estimate of drug-likeness (QED) is 0.568. The molecule has 0 bridgehead atoms. The highest BCUT2D eigenvalue weighted by Gasteiger charge is 2.31. The van der Waals surface area contributed by atoms with Gasteiger partial charge in [-0.2, -0.15) is 0 Å². The van der Waals surface area contributed by atoms with E-state index in [2.05, 4.69) is 10.7 Å². The lowest BCUT2D eigenvalue weighted by molar-refractivity contribution is -0.134. The van der Waals surface area contributed by atoms with Crippen LogP contribution in [0, 0.1) is 0 Å². The van der Waals surface area contributed by atoms with Crippen molar-refractivity contribution in [2.24, 2.45) is 0 Å². The molecule has 2 aliphatic heterocycles. The molecule has 0 aromatic rings. The summed E-state index contributed by atoms with van der Waals surface area (Å²) in [7, 11) is 0. The summed E-state index contributed by atoms with van der Waals surface area (Å²) < 4.78 is 4.70. The highest BCUT2D eigenvalue weighted by molar-refractivity contribution is 5.85. The Morgan fingerprint density at radius 1 is 1.62 bits per heavy atom. The molecule has 2 heterocycles. The van der Waals surface area contributed by atoms with Crippen LogP contribution < -0.4 is 10.7 Å². The second kappa shape index (κ2) is 3.21. The van der Waals surface area contributed by atoms with E-state index in [1.54, 1.807) is 5.01 Å². The topological polar surface area (TPSA) is 70.7 Å². The summed E-state index contributed by atoms with van der Waals surface area (Å²) in [5.41, 5.74) is 2.66. The van der Waals surface area contributed by atoms with Crippen molar-refractivity contribution in [3.63, 3.8) is 0 Å². The van der Waals surface area contributed by atoms with Crippen LogP contribution in [0.3, 0.4) is 0 Å². The van der Waals surface area contributed by atoms with Gasteiger partial charge in [-0.3, -0.25) is 10.2 Å². The van der Waals surface area contributed by atoms with Crippen LogP contribution >= 0.6 is 0 Å². The molecule has 0 aromatic carbocycles. The SMILES string of the molecule is O=C1NCC(C(=O)NN2CCC2)O1. The highest BCUT2D eigenvalue weighted by Crippen LogP contribution is 2.04. The maximum absolute atomic E-state index is 11.3. The number of nitrogens with one attached hydrogen (secondary N) is 2. The molecule has 0 spiro atoms. The first-order valence-corrected chi connectivity index (χ1v) is 4.25. The summed E-state index contributed by atoms with van der Waals surface area (Å²) in [6.07, 6.45) is -0.0972. The maximum atomic E-state index is 11.3. The molecule has 2 amide bonds. The molecule has 0 radical (unpaired) electrons. The van der Waals surface area contributed by atoms with E-state index < -0.39 is 12.2 Å². The van der Waals surface area contributed by atoms with Gasteiger partial charge in [-0.15, -0.1) is 0 Å². The standard InChI is InChI=1S/C7H11N3O3/c11-6(9-10-2-1-3-10)5-4-8-7(12)13-5/h5H,1-4H2,(H,8,12)(H,9,11). The summed E-state index contributed by atoms with van der Waals surface area (Å²) in [6, 6.07) is 0. The molecule has 2 saturated heterocycles. The first-order valence-electron chi connectivity index (χ1n) is 4.25. The average molecular weight is 185 g/mol. The van der Waals surface area contributed by atoms with Gasteiger partial charge in [0.25, 0.3) is 5.91 Å². The third-order valence-corrected chi connectivity index (χ3v) is 2.10. The third-order valence-electron chi connectivity index (χ3n) is 2.10. The second-order valence-corrected chi connectivity index (χ2v) is 3.09. The Labute approximate surface area is 75.2 Å². The predicted octanol–water partition coefficient (Wildman–Crippen LogP) is -1.17. The Morgan fingerprint density at radius 3 is 2.85 bits per heavy atom. The summed E-state index contributed by atoms with van der Waals surface area (Å²) >= 11 is 0. The van der Waals surface area contributed by atoms with Gasteiger partial charge >= 0.3 is 6.09 Å². The molecular weight excluding hydrogens is 174 g/mol. The summed E-state index contributed by atoms with van der Waals surface area (Å²) in [5.74, 6) is -0.252. The molecule has 2 N–H and O–H groups in total. The van der Waals surface area contributed by atoms with E-state index in [0.29, 0.717) is 0 Å². The van der Waals surface area contributed by atoms with Gasteiger partial charge < -0.3 is 10.1 Å². The Balaban J connectivity index is 1.79. The van der Waals surface area contributed by atoms with E-state index in [-0.39, 0.29) is 12.5 Å². The van der Waals surface area contributed by atoms with Crippen LogP contribution in [-0.2, 0) is 9.53 Å². The van der Waals surface area contributed by atoms with E-state index >= 15 is 0 Å². The number of carbonyl (C=O) groups excluding carboxylic acids is 2. The third kappa shape index (κ3) is 1.72. The van der Waals surface area contributed by atoms with Crippen molar-refractivity contribution in [2.45, 2.75) is 12.5 Å². The molecule has 13 heavy (non-hydrogen) atoms. The number of ether oxygens (including phenoxy) is 1. The summed E-state index contributed by atoms with van der Waals surface area (Å²) in [4.78, 5) is 21.9. The second-order valence-electron chi connectivity index (χ2n) is 3.09. The smallest absolute Gasteiger partial charge is 0.408 e. The largest absolute Gasteiger partial charge is 0.434 e. The van der Waals surface area contributed by atoms with Gasteiger partial charge in [0.15, 0.2) is 0 Å². The Hall–Kier alpha value is -1.30. The number of hydrazine groups is 1. The predicted molar refractivity (Wildman–Crippen MR) is 42.6 cm³/mol. The minimum Gasteiger partial charge on any atom is -0.434 e. The number of hydrogen-bond donors (Lipinski definition) is 2. The number of carbonyl (C=O) groups is 2. The fourth-order valence-corrected chi connectivity index (χ4v) is 1.19. The van der Waals surface area contributed by atoms with Crippen LogP contribution in [0.5, 0.6) is 0 Å². The van der Waals surface area contributed by atoms with Crippen LogP contribution in [0.15, 0.2) is 0 Å². The number of cyclic esters (lactones) is 1. The van der Waals surface area contributed by atoms with E-state index in [4.69, 9.17) is 4.74 Å². The normalized spacial score (nSPS) is 27.4. The number of amides is 2. The van der Waals surface area contributed by atoms with Crippen LogP contribution in [0.25, 0.3) is 0 Å². The Kier molecular flexibility index (Phi) is 2.05. The molecule has 0 aliphatic carbocycles. The first-order chi connectivity index (χ1) is 6.25. The van der Waals surface area contributed by atoms with Crippen molar-refractivity contribution >= 4 is 12.0 Å². The van der Waals surface area contributed by atoms with Crippen LogP contribution in [0.2, 0.25) is 0 Å². The maximum Gasteiger partial charge on any atom is 0.408 e. The van der Waals surface area contributed by atoms with Crippen molar-refractivity contribution in [1.29, 1.82) is 0 Å². The molecule has 2 rings (SSSR count). The summed E-state index contributed by atoms with van der Waals surface area (Å²) in [5, 5.41) is 4.22. The van der Waals surface area contributed by atoms with Gasteiger partial charge in [-0.1, -0.05) is 0 Å². The van der Waals surface area contributed by atoms with Crippen molar-refractivity contribution in [1.82, 2.24) is 15.8 Å². The lowest BCUT2D eigenvalue weighted by atomic mass is 10.3. The van der Waals surface area contributed by atoms with E-state index in [1.807, 2.05) is 0 Å². The number of alkyl carbamates (subject to hydrolysis) is 1. The lowest BCUT2D eigenvalue weighted by Crippen LogP contribution is -2.53. The van der Waals surface area contributed by atoms with Crippen LogP contribution in [0.1, 0.15) is 6.42 Å². The molecule has 72 valence electrons. The Morgan fingerprint density at radius 2 is 2.38 bits per heavy atom. The van der Waals surface area contributed by atoms with Crippen molar-refractivity contribution in [2.75, 3.05) is 19.6 Å². The monoisotopic (exact) mass is 185 g/mol. The average Bonchev–Trinajstić information content (AvgIpc) is 2.44.